The van der Waals surface area contributed by atoms with Crippen molar-refractivity contribution in [3.63, 3.8) is 0 Å². The second kappa shape index (κ2) is 8.99. The van der Waals surface area contributed by atoms with Crippen LogP contribution in [-0.2, 0) is 9.59 Å². The molecule has 0 aliphatic carbocycles. The lowest BCUT2D eigenvalue weighted by molar-refractivity contribution is -0.126. The molecule has 2 fully saturated rings. The number of nitrogens with zero attached hydrogens (tertiary/aromatic N) is 3. The molecule has 0 bridgehead atoms. The van der Waals surface area contributed by atoms with Gasteiger partial charge in [-0.15, -0.1) is 0 Å². The number of carbonyl (C=O) groups excluding carboxylic acids is 3. The molecule has 2 heterocycles. The van der Waals surface area contributed by atoms with Crippen molar-refractivity contribution in [3.8, 4) is 0 Å². The van der Waals surface area contributed by atoms with Crippen LogP contribution in [0.1, 0.15) is 37.3 Å². The fourth-order valence-corrected chi connectivity index (χ4v) is 3.70. The van der Waals surface area contributed by atoms with Crippen molar-refractivity contribution >= 4 is 17.8 Å². The maximum atomic E-state index is 12.5. The van der Waals surface area contributed by atoms with Gasteiger partial charge in [-0.2, -0.15) is 0 Å². The van der Waals surface area contributed by atoms with Gasteiger partial charge in [0, 0.05) is 26.6 Å². The van der Waals surface area contributed by atoms with Gasteiger partial charge in [0.15, 0.2) is 0 Å². The van der Waals surface area contributed by atoms with Gasteiger partial charge < -0.3 is 15.1 Å². The van der Waals surface area contributed by atoms with Crippen molar-refractivity contribution in [2.75, 3.05) is 39.8 Å². The number of carbonyl (C=O) groups is 3. The maximum Gasteiger partial charge on any atom is 0.326 e. The molecule has 1 aromatic rings. The lowest BCUT2D eigenvalue weighted by Crippen LogP contribution is -2.37. The fraction of sp³-hybridized carbons (Fsp3) is 0.550. The van der Waals surface area contributed by atoms with E-state index in [-0.39, 0.29) is 37.0 Å². The number of imide groups is 1. The summed E-state index contributed by atoms with van der Waals surface area (Å²) in [6.07, 6.45) is 3.19. The molecule has 27 heavy (non-hydrogen) atoms. The Balaban J connectivity index is 1.51. The van der Waals surface area contributed by atoms with Crippen molar-refractivity contribution < 1.29 is 14.4 Å². The summed E-state index contributed by atoms with van der Waals surface area (Å²) in [4.78, 5) is 41.1. The molecule has 0 spiro atoms. The van der Waals surface area contributed by atoms with Crippen molar-refractivity contribution in [2.45, 2.75) is 31.7 Å². The molecule has 2 aliphatic rings. The van der Waals surface area contributed by atoms with Crippen molar-refractivity contribution in [1.29, 1.82) is 0 Å². The van der Waals surface area contributed by atoms with Gasteiger partial charge in [-0.25, -0.2) is 4.79 Å². The third kappa shape index (κ3) is 5.07. The largest absolute Gasteiger partial charge is 0.348 e. The van der Waals surface area contributed by atoms with E-state index >= 15 is 0 Å². The zero-order valence-electron chi connectivity index (χ0n) is 15.9. The molecule has 0 radical (unpaired) electrons. The highest BCUT2D eigenvalue weighted by Crippen LogP contribution is 2.18. The smallest absolute Gasteiger partial charge is 0.326 e. The van der Waals surface area contributed by atoms with Gasteiger partial charge >= 0.3 is 6.03 Å². The standard InChI is InChI=1S/C20H28N4O3/c1-22-15-19(26)24(20(22)27)13-7-10-18(25)21-17(14-23-11-5-6-12-23)16-8-3-2-4-9-16/h2-4,8-9,17H,5-7,10-15H2,1H3,(H,21,25). The number of nitrogens with one attached hydrogen (secondary N) is 1. The minimum atomic E-state index is -0.281. The number of hydrogen-bond donors (Lipinski definition) is 1. The summed E-state index contributed by atoms with van der Waals surface area (Å²) >= 11 is 0. The van der Waals surface area contributed by atoms with Gasteiger partial charge in [0.05, 0.1) is 6.04 Å². The van der Waals surface area contributed by atoms with E-state index < -0.39 is 0 Å². The van der Waals surface area contributed by atoms with E-state index in [1.165, 1.54) is 22.6 Å². The first-order chi connectivity index (χ1) is 13.0. The van der Waals surface area contributed by atoms with Crippen LogP contribution in [-0.4, -0.2) is 72.3 Å². The van der Waals surface area contributed by atoms with Crippen LogP contribution in [0.15, 0.2) is 30.3 Å². The molecule has 3 rings (SSSR count). The van der Waals surface area contributed by atoms with Gasteiger partial charge in [0.25, 0.3) is 0 Å². The molecular formula is C20H28N4O3. The van der Waals surface area contributed by atoms with Crippen LogP contribution in [0.5, 0.6) is 0 Å². The maximum absolute atomic E-state index is 12.5. The molecule has 2 saturated heterocycles. The van der Waals surface area contributed by atoms with E-state index in [4.69, 9.17) is 0 Å². The number of likely N-dealkylation sites (tertiary alicyclic amines) is 1. The van der Waals surface area contributed by atoms with Crippen LogP contribution in [0.4, 0.5) is 4.79 Å². The average Bonchev–Trinajstić information content (AvgIpc) is 3.25. The highest BCUT2D eigenvalue weighted by Gasteiger charge is 2.33. The van der Waals surface area contributed by atoms with E-state index in [1.54, 1.807) is 7.05 Å². The number of rotatable bonds is 8. The summed E-state index contributed by atoms with van der Waals surface area (Å²) in [5.74, 6) is -0.241. The first kappa shape index (κ1) is 19.4. The monoisotopic (exact) mass is 372 g/mol. The highest BCUT2D eigenvalue weighted by molar-refractivity contribution is 6.01. The van der Waals surface area contributed by atoms with Crippen LogP contribution in [0, 0.1) is 0 Å². The number of amides is 4. The first-order valence-electron chi connectivity index (χ1n) is 9.66. The molecular weight excluding hydrogens is 344 g/mol. The van der Waals surface area contributed by atoms with Crippen LogP contribution in [0.3, 0.4) is 0 Å². The number of urea groups is 1. The Kier molecular flexibility index (Phi) is 6.45. The van der Waals surface area contributed by atoms with E-state index in [0.29, 0.717) is 12.8 Å². The minimum absolute atomic E-state index is 0.0435. The lowest BCUT2D eigenvalue weighted by atomic mass is 10.1. The van der Waals surface area contributed by atoms with E-state index in [0.717, 1.165) is 25.2 Å². The molecule has 1 aromatic carbocycles. The average molecular weight is 372 g/mol. The predicted octanol–water partition coefficient (Wildman–Crippen LogP) is 1.61. The minimum Gasteiger partial charge on any atom is -0.348 e. The summed E-state index contributed by atoms with van der Waals surface area (Å²) in [6, 6.07) is 9.70. The second-order valence-corrected chi connectivity index (χ2v) is 7.33. The molecule has 146 valence electrons. The Morgan fingerprint density at radius 3 is 2.48 bits per heavy atom. The third-order valence-electron chi connectivity index (χ3n) is 5.19. The summed E-state index contributed by atoms with van der Waals surface area (Å²) in [5.41, 5.74) is 1.10. The third-order valence-corrected chi connectivity index (χ3v) is 5.19. The van der Waals surface area contributed by atoms with Gasteiger partial charge in [-0.05, 0) is 37.9 Å². The molecule has 7 nitrogen and oxygen atoms in total. The van der Waals surface area contributed by atoms with E-state index in [9.17, 15) is 14.4 Å². The highest BCUT2D eigenvalue weighted by atomic mass is 16.2. The Bertz CT molecular complexity index is 673. The van der Waals surface area contributed by atoms with Gasteiger partial charge in [-0.1, -0.05) is 30.3 Å². The molecule has 0 aromatic heterocycles. The van der Waals surface area contributed by atoms with Crippen molar-refractivity contribution in [3.05, 3.63) is 35.9 Å². The van der Waals surface area contributed by atoms with E-state index in [1.807, 2.05) is 30.3 Å². The van der Waals surface area contributed by atoms with Gasteiger partial charge in [0.1, 0.15) is 6.54 Å². The molecule has 1 atom stereocenters. The zero-order valence-corrected chi connectivity index (χ0v) is 15.9. The Hall–Kier alpha value is -2.41. The summed E-state index contributed by atoms with van der Waals surface area (Å²) in [6.45, 7) is 3.37. The quantitative estimate of drug-likeness (QED) is 0.704. The normalized spacial score (nSPS) is 19.0. The predicted molar refractivity (Wildman–Crippen MR) is 102 cm³/mol. The molecule has 0 saturated carbocycles. The van der Waals surface area contributed by atoms with Crippen LogP contribution >= 0.6 is 0 Å². The molecule has 1 unspecified atom stereocenters. The number of likely N-dealkylation sites (N-methyl/N-ethyl adjacent to an activating group) is 1. The Labute approximate surface area is 160 Å². The number of hydrogen-bond acceptors (Lipinski definition) is 4. The first-order valence-corrected chi connectivity index (χ1v) is 9.66. The van der Waals surface area contributed by atoms with Crippen molar-refractivity contribution in [2.24, 2.45) is 0 Å². The summed E-state index contributed by atoms with van der Waals surface area (Å²) in [5, 5.41) is 3.14. The van der Waals surface area contributed by atoms with Crippen molar-refractivity contribution in [1.82, 2.24) is 20.0 Å². The number of benzene rings is 1. The summed E-state index contributed by atoms with van der Waals surface area (Å²) in [7, 11) is 1.61. The zero-order chi connectivity index (χ0) is 19.2. The Morgan fingerprint density at radius 2 is 1.85 bits per heavy atom. The van der Waals surface area contributed by atoms with E-state index in [2.05, 4.69) is 10.2 Å². The van der Waals surface area contributed by atoms with Gasteiger partial charge in [0.2, 0.25) is 11.8 Å². The molecule has 1 N–H and O–H groups in total. The van der Waals surface area contributed by atoms with Crippen LogP contribution < -0.4 is 5.32 Å². The Morgan fingerprint density at radius 1 is 1.15 bits per heavy atom. The summed E-state index contributed by atoms with van der Waals surface area (Å²) < 4.78 is 0. The lowest BCUT2D eigenvalue weighted by Gasteiger charge is -2.25. The SMILES string of the molecule is CN1CC(=O)N(CCCC(=O)NC(CN2CCCC2)c2ccccc2)C1=O. The topological polar surface area (TPSA) is 73.0 Å². The molecule has 4 amide bonds. The van der Waals surface area contributed by atoms with Crippen LogP contribution in [0.2, 0.25) is 0 Å². The fourth-order valence-electron chi connectivity index (χ4n) is 3.70. The van der Waals surface area contributed by atoms with Gasteiger partial charge in [-0.3, -0.25) is 14.5 Å². The van der Waals surface area contributed by atoms with Crippen LogP contribution in [0.25, 0.3) is 0 Å². The molecule has 7 heteroatoms. The second-order valence-electron chi connectivity index (χ2n) is 7.33. The molecule has 2 aliphatic heterocycles.